The van der Waals surface area contributed by atoms with E-state index >= 15 is 0 Å². The standard InChI is InChI=1S/C25H25NO7S.C2H6O/c1-16-4-8-18(9-5-16)24(27)31-21-13-12-20(23(15-26)33-34(3,29)30)14-22(21)32-25(28)19-10-6-17(2)7-11-19;1-2-3/h4-14,23H,15,26H2,1-3H3;3H,2H2,1H3. The van der Waals surface area contributed by atoms with E-state index in [1.807, 2.05) is 13.8 Å². The number of aliphatic hydroxyl groups excluding tert-OH is 1. The van der Waals surface area contributed by atoms with E-state index in [4.69, 9.17) is 24.5 Å². The molecule has 1 atom stereocenters. The second kappa shape index (κ2) is 13.7. The van der Waals surface area contributed by atoms with Crippen LogP contribution in [0.5, 0.6) is 11.5 Å². The number of hydrogen-bond acceptors (Lipinski definition) is 9. The number of aryl methyl sites for hydroxylation is 2. The Labute approximate surface area is 216 Å². The van der Waals surface area contributed by atoms with E-state index < -0.39 is 28.2 Å². The number of carbonyl (C=O) groups is 2. The van der Waals surface area contributed by atoms with E-state index in [0.29, 0.717) is 11.1 Å². The molecule has 0 fully saturated rings. The van der Waals surface area contributed by atoms with Gasteiger partial charge in [-0.3, -0.25) is 4.18 Å². The number of rotatable bonds is 8. The summed E-state index contributed by atoms with van der Waals surface area (Å²) >= 11 is 0. The highest BCUT2D eigenvalue weighted by atomic mass is 32.2. The summed E-state index contributed by atoms with van der Waals surface area (Å²) in [5, 5.41) is 7.57. The van der Waals surface area contributed by atoms with Gasteiger partial charge in [-0.05, 0) is 62.7 Å². The molecule has 3 aromatic carbocycles. The molecular weight excluding hydrogens is 498 g/mol. The zero-order valence-electron chi connectivity index (χ0n) is 21.1. The Kier molecular flexibility index (Phi) is 10.9. The van der Waals surface area contributed by atoms with E-state index in [-0.39, 0.29) is 30.2 Å². The van der Waals surface area contributed by atoms with E-state index in [1.165, 1.54) is 18.2 Å². The van der Waals surface area contributed by atoms with Crippen LogP contribution in [0, 0.1) is 13.8 Å². The van der Waals surface area contributed by atoms with Gasteiger partial charge in [0, 0.05) is 13.2 Å². The van der Waals surface area contributed by atoms with Gasteiger partial charge in [0.05, 0.1) is 17.4 Å². The fourth-order valence-electron chi connectivity index (χ4n) is 3.03. The van der Waals surface area contributed by atoms with Crippen molar-refractivity contribution < 1.29 is 36.8 Å². The van der Waals surface area contributed by atoms with Gasteiger partial charge in [0.2, 0.25) is 0 Å². The molecule has 0 spiro atoms. The van der Waals surface area contributed by atoms with Crippen molar-refractivity contribution in [2.45, 2.75) is 26.9 Å². The van der Waals surface area contributed by atoms with Gasteiger partial charge < -0.3 is 20.3 Å². The Morgan fingerprint density at radius 2 is 1.27 bits per heavy atom. The van der Waals surface area contributed by atoms with Crippen molar-refractivity contribution in [3.63, 3.8) is 0 Å². The van der Waals surface area contributed by atoms with Crippen LogP contribution in [0.3, 0.4) is 0 Å². The van der Waals surface area contributed by atoms with Crippen molar-refractivity contribution in [1.29, 1.82) is 0 Å². The van der Waals surface area contributed by atoms with Gasteiger partial charge in [0.1, 0.15) is 6.10 Å². The number of benzene rings is 3. The first kappa shape index (κ1) is 29.7. The molecule has 0 aliphatic rings. The highest BCUT2D eigenvalue weighted by molar-refractivity contribution is 7.86. The Balaban J connectivity index is 0.00000153. The van der Waals surface area contributed by atoms with Crippen molar-refractivity contribution in [3.05, 3.63) is 94.5 Å². The normalized spacial score (nSPS) is 11.6. The Hall–Kier alpha value is -3.57. The summed E-state index contributed by atoms with van der Waals surface area (Å²) < 4.78 is 39.3. The minimum atomic E-state index is -3.81. The molecule has 0 aliphatic carbocycles. The third kappa shape index (κ3) is 9.43. The largest absolute Gasteiger partial charge is 0.419 e. The van der Waals surface area contributed by atoms with Crippen LogP contribution in [0.4, 0.5) is 0 Å². The van der Waals surface area contributed by atoms with Gasteiger partial charge >= 0.3 is 11.9 Å². The first-order chi connectivity index (χ1) is 17.5. The molecule has 37 heavy (non-hydrogen) atoms. The lowest BCUT2D eigenvalue weighted by atomic mass is 10.1. The van der Waals surface area contributed by atoms with Crippen molar-refractivity contribution in [1.82, 2.24) is 0 Å². The molecule has 9 nitrogen and oxygen atoms in total. The van der Waals surface area contributed by atoms with Gasteiger partial charge in [0.15, 0.2) is 11.5 Å². The summed E-state index contributed by atoms with van der Waals surface area (Å²) in [6.45, 7) is 5.56. The van der Waals surface area contributed by atoms with Crippen LogP contribution in [0.2, 0.25) is 0 Å². The third-order valence-electron chi connectivity index (χ3n) is 4.82. The molecule has 0 bridgehead atoms. The molecule has 0 radical (unpaired) electrons. The SMILES string of the molecule is CCO.Cc1ccc(C(=O)Oc2ccc(C(CN)OS(C)(=O)=O)cc2OC(=O)c2ccc(C)cc2)cc1. The summed E-state index contributed by atoms with van der Waals surface area (Å²) in [6, 6.07) is 17.8. The lowest BCUT2D eigenvalue weighted by Crippen LogP contribution is -2.19. The number of hydrogen-bond donors (Lipinski definition) is 2. The third-order valence-corrected chi connectivity index (χ3v) is 5.41. The van der Waals surface area contributed by atoms with Crippen LogP contribution in [0.15, 0.2) is 66.7 Å². The fourth-order valence-corrected chi connectivity index (χ4v) is 3.64. The number of esters is 2. The van der Waals surface area contributed by atoms with Crippen LogP contribution >= 0.6 is 0 Å². The zero-order chi connectivity index (χ0) is 27.6. The molecule has 1 unspecified atom stereocenters. The highest BCUT2D eigenvalue weighted by Crippen LogP contribution is 2.33. The molecule has 0 heterocycles. The molecule has 0 aromatic heterocycles. The zero-order valence-corrected chi connectivity index (χ0v) is 21.9. The van der Waals surface area contributed by atoms with Crippen LogP contribution in [0.1, 0.15) is 50.4 Å². The maximum Gasteiger partial charge on any atom is 0.343 e. The van der Waals surface area contributed by atoms with Crippen LogP contribution in [-0.2, 0) is 14.3 Å². The smallest absolute Gasteiger partial charge is 0.343 e. The van der Waals surface area contributed by atoms with Crippen molar-refractivity contribution in [3.8, 4) is 11.5 Å². The second-order valence-corrected chi connectivity index (χ2v) is 9.66. The van der Waals surface area contributed by atoms with E-state index in [2.05, 4.69) is 0 Å². The fraction of sp³-hybridized carbons (Fsp3) is 0.259. The maximum atomic E-state index is 12.7. The maximum absolute atomic E-state index is 12.7. The lowest BCUT2D eigenvalue weighted by Gasteiger charge is -2.17. The second-order valence-electron chi connectivity index (χ2n) is 8.06. The van der Waals surface area contributed by atoms with Gasteiger partial charge in [-0.2, -0.15) is 8.42 Å². The van der Waals surface area contributed by atoms with Crippen LogP contribution < -0.4 is 15.2 Å². The quantitative estimate of drug-likeness (QED) is 0.254. The lowest BCUT2D eigenvalue weighted by molar-refractivity contribution is 0.0682. The molecule has 3 N–H and O–H groups in total. The summed E-state index contributed by atoms with van der Waals surface area (Å²) in [7, 11) is -3.81. The molecule has 0 amide bonds. The molecule has 0 saturated heterocycles. The summed E-state index contributed by atoms with van der Waals surface area (Å²) in [5.41, 5.74) is 8.57. The first-order valence-electron chi connectivity index (χ1n) is 11.4. The Morgan fingerprint density at radius 1 is 0.838 bits per heavy atom. The monoisotopic (exact) mass is 529 g/mol. The van der Waals surface area contributed by atoms with E-state index in [9.17, 15) is 18.0 Å². The average Bonchev–Trinajstić information content (AvgIpc) is 2.84. The molecule has 0 aliphatic heterocycles. The summed E-state index contributed by atoms with van der Waals surface area (Å²) in [6.07, 6.45) is -0.111. The minimum absolute atomic E-state index is 0.0232. The topological polar surface area (TPSA) is 142 Å². The van der Waals surface area contributed by atoms with Gasteiger partial charge in [0.25, 0.3) is 10.1 Å². The molecular formula is C27H31NO8S. The molecule has 3 rings (SSSR count). The predicted octanol–water partition coefficient (Wildman–Crippen LogP) is 3.72. The Morgan fingerprint density at radius 3 is 1.68 bits per heavy atom. The molecule has 10 heteroatoms. The van der Waals surface area contributed by atoms with Crippen LogP contribution in [0.25, 0.3) is 0 Å². The summed E-state index contributed by atoms with van der Waals surface area (Å²) in [4.78, 5) is 25.4. The van der Waals surface area contributed by atoms with Crippen LogP contribution in [-0.4, -0.2) is 44.9 Å². The molecule has 198 valence electrons. The highest BCUT2D eigenvalue weighted by Gasteiger charge is 2.22. The summed E-state index contributed by atoms with van der Waals surface area (Å²) in [5.74, 6) is -1.44. The average molecular weight is 530 g/mol. The van der Waals surface area contributed by atoms with Crippen molar-refractivity contribution in [2.24, 2.45) is 5.73 Å². The minimum Gasteiger partial charge on any atom is -0.419 e. The molecule has 0 saturated carbocycles. The van der Waals surface area contributed by atoms with Gasteiger partial charge in [-0.15, -0.1) is 0 Å². The van der Waals surface area contributed by atoms with Gasteiger partial charge in [-0.25, -0.2) is 9.59 Å². The number of aliphatic hydroxyl groups is 1. The van der Waals surface area contributed by atoms with Gasteiger partial charge in [-0.1, -0.05) is 41.5 Å². The first-order valence-corrected chi connectivity index (χ1v) is 13.2. The van der Waals surface area contributed by atoms with E-state index in [1.54, 1.807) is 55.5 Å². The van der Waals surface area contributed by atoms with E-state index in [0.717, 1.165) is 17.4 Å². The van der Waals surface area contributed by atoms with Crippen molar-refractivity contribution >= 4 is 22.1 Å². The van der Waals surface area contributed by atoms with Crippen molar-refractivity contribution in [2.75, 3.05) is 19.4 Å². The Bertz CT molecular complexity index is 1300. The predicted molar refractivity (Wildman–Crippen MR) is 139 cm³/mol. The number of ether oxygens (including phenoxy) is 2. The number of carbonyl (C=O) groups excluding carboxylic acids is 2. The molecule has 3 aromatic rings. The number of nitrogens with two attached hydrogens (primary N) is 1.